The summed E-state index contributed by atoms with van der Waals surface area (Å²) in [5.41, 5.74) is -1.67. The quantitative estimate of drug-likeness (QED) is 0.633. The van der Waals surface area contributed by atoms with E-state index in [-0.39, 0.29) is 5.56 Å². The van der Waals surface area contributed by atoms with Gasteiger partial charge in [-0.25, -0.2) is 4.79 Å². The molecule has 0 unspecified atom stereocenters. The number of aromatic carboxylic acids is 1. The lowest BCUT2D eigenvalue weighted by Crippen LogP contribution is -2.11. The number of hydrogen-bond donors (Lipinski definition) is 4. The largest absolute Gasteiger partial charge is 0.507 e. The van der Waals surface area contributed by atoms with E-state index in [9.17, 15) is 29.7 Å². The lowest BCUT2D eigenvalue weighted by Gasteiger charge is -2.11. The van der Waals surface area contributed by atoms with Crippen LogP contribution in [0, 0.1) is 0 Å². The third-order valence-corrected chi connectivity index (χ3v) is 3.23. The van der Waals surface area contributed by atoms with Crippen molar-refractivity contribution in [3.05, 3.63) is 52.6 Å². The molecule has 23 heavy (non-hydrogen) atoms. The molecular formula is C16H12O7. The van der Waals surface area contributed by atoms with Crippen LogP contribution in [0.1, 0.15) is 43.6 Å². The van der Waals surface area contributed by atoms with Crippen LogP contribution in [0.2, 0.25) is 0 Å². The summed E-state index contributed by atoms with van der Waals surface area (Å²) in [7, 11) is 0. The lowest BCUT2D eigenvalue weighted by atomic mass is 9.94. The van der Waals surface area contributed by atoms with Gasteiger partial charge in [0, 0.05) is 5.56 Å². The molecule has 118 valence electrons. The second-order valence-electron chi connectivity index (χ2n) is 4.78. The van der Waals surface area contributed by atoms with Crippen LogP contribution >= 0.6 is 0 Å². The molecule has 7 nitrogen and oxygen atoms in total. The lowest BCUT2D eigenvalue weighted by molar-refractivity contribution is 0.0691. The van der Waals surface area contributed by atoms with Gasteiger partial charge in [-0.15, -0.1) is 0 Å². The Morgan fingerprint density at radius 1 is 0.870 bits per heavy atom. The molecule has 2 aromatic carbocycles. The zero-order chi connectivity index (χ0) is 17.3. The van der Waals surface area contributed by atoms with Crippen molar-refractivity contribution in [3.8, 4) is 17.2 Å². The van der Waals surface area contributed by atoms with Gasteiger partial charge in [0.2, 0.25) is 5.78 Å². The fraction of sp³-hybridized carbons (Fsp3) is 0.0625. The molecule has 0 aliphatic heterocycles. The molecule has 0 amide bonds. The number of hydrogen-bond acceptors (Lipinski definition) is 6. The normalized spacial score (nSPS) is 10.3. The minimum atomic E-state index is -1.46. The topological polar surface area (TPSA) is 132 Å². The van der Waals surface area contributed by atoms with E-state index in [4.69, 9.17) is 5.11 Å². The van der Waals surface area contributed by atoms with Gasteiger partial charge in [-0.2, -0.15) is 0 Å². The Labute approximate surface area is 130 Å². The van der Waals surface area contributed by atoms with Crippen molar-refractivity contribution >= 4 is 17.5 Å². The zero-order valence-corrected chi connectivity index (χ0v) is 11.9. The Morgan fingerprint density at radius 2 is 1.43 bits per heavy atom. The number of benzene rings is 2. The molecule has 7 heteroatoms. The number of aromatic hydroxyl groups is 3. The van der Waals surface area contributed by atoms with E-state index in [2.05, 4.69) is 0 Å². The molecule has 2 rings (SSSR count). The third kappa shape index (κ3) is 2.84. The van der Waals surface area contributed by atoms with Crippen molar-refractivity contribution in [2.24, 2.45) is 0 Å². The molecule has 0 saturated carbocycles. The van der Waals surface area contributed by atoms with E-state index in [1.54, 1.807) is 0 Å². The van der Waals surface area contributed by atoms with Crippen LogP contribution in [-0.2, 0) is 0 Å². The predicted octanol–water partition coefficient (Wildman–Crippen LogP) is 1.94. The average Bonchev–Trinajstić information content (AvgIpc) is 2.45. The summed E-state index contributed by atoms with van der Waals surface area (Å²) in [4.78, 5) is 35.0. The molecule has 0 bridgehead atoms. The number of phenols is 3. The van der Waals surface area contributed by atoms with Crippen LogP contribution in [-0.4, -0.2) is 38.0 Å². The van der Waals surface area contributed by atoms with E-state index in [0.29, 0.717) is 0 Å². The van der Waals surface area contributed by atoms with E-state index >= 15 is 0 Å². The second-order valence-corrected chi connectivity index (χ2v) is 4.78. The Bertz CT molecular complexity index is 813. The molecule has 0 radical (unpaired) electrons. The van der Waals surface area contributed by atoms with Crippen LogP contribution in [0.5, 0.6) is 17.2 Å². The van der Waals surface area contributed by atoms with E-state index in [1.165, 1.54) is 13.0 Å². The maximum atomic E-state index is 12.5. The summed E-state index contributed by atoms with van der Waals surface area (Å²) < 4.78 is 0. The van der Waals surface area contributed by atoms with E-state index in [0.717, 1.165) is 24.3 Å². The summed E-state index contributed by atoms with van der Waals surface area (Å²) >= 11 is 0. The van der Waals surface area contributed by atoms with E-state index in [1.807, 2.05) is 0 Å². The minimum absolute atomic E-state index is 0.0210. The number of carbonyl (C=O) groups is 3. The molecule has 0 fully saturated rings. The first-order valence-electron chi connectivity index (χ1n) is 6.41. The molecule has 0 atom stereocenters. The highest BCUT2D eigenvalue weighted by atomic mass is 16.4. The number of Topliss-reactive ketones (excluding diaryl/α,β-unsaturated/α-hetero) is 1. The maximum Gasteiger partial charge on any atom is 0.336 e. The van der Waals surface area contributed by atoms with Crippen molar-refractivity contribution in [1.29, 1.82) is 0 Å². The predicted molar refractivity (Wildman–Crippen MR) is 78.3 cm³/mol. The Morgan fingerprint density at radius 3 is 1.91 bits per heavy atom. The minimum Gasteiger partial charge on any atom is -0.507 e. The SMILES string of the molecule is CC(=O)c1cc(O)c(C(=O)c2c(O)cccc2C(=O)O)c(O)c1. The van der Waals surface area contributed by atoms with Gasteiger partial charge in [0.1, 0.15) is 22.8 Å². The zero-order valence-electron chi connectivity index (χ0n) is 11.9. The highest BCUT2D eigenvalue weighted by Gasteiger charge is 2.27. The summed E-state index contributed by atoms with van der Waals surface area (Å²) in [6.07, 6.45) is 0. The Hall–Kier alpha value is -3.35. The van der Waals surface area contributed by atoms with Crippen molar-refractivity contribution < 1.29 is 34.8 Å². The van der Waals surface area contributed by atoms with Gasteiger partial charge in [-0.1, -0.05) is 6.07 Å². The number of carboxylic acids is 1. The van der Waals surface area contributed by atoms with Gasteiger partial charge >= 0.3 is 5.97 Å². The van der Waals surface area contributed by atoms with Crippen molar-refractivity contribution in [1.82, 2.24) is 0 Å². The first kappa shape index (κ1) is 16.0. The fourth-order valence-electron chi connectivity index (χ4n) is 2.13. The van der Waals surface area contributed by atoms with Crippen LogP contribution in [0.3, 0.4) is 0 Å². The van der Waals surface area contributed by atoms with Crippen molar-refractivity contribution in [2.45, 2.75) is 6.92 Å². The van der Waals surface area contributed by atoms with Gasteiger partial charge in [0.15, 0.2) is 5.78 Å². The number of carboxylic acid groups (broad SMARTS) is 1. The molecular weight excluding hydrogens is 304 g/mol. The third-order valence-electron chi connectivity index (χ3n) is 3.23. The first-order valence-corrected chi connectivity index (χ1v) is 6.41. The maximum absolute atomic E-state index is 12.5. The molecule has 4 N–H and O–H groups in total. The van der Waals surface area contributed by atoms with Gasteiger partial charge in [-0.05, 0) is 31.2 Å². The summed E-state index contributed by atoms with van der Waals surface area (Å²) in [5.74, 6) is -4.97. The summed E-state index contributed by atoms with van der Waals surface area (Å²) in [6, 6.07) is 5.42. The molecule has 0 aliphatic rings. The van der Waals surface area contributed by atoms with Crippen LogP contribution < -0.4 is 0 Å². The van der Waals surface area contributed by atoms with Crippen LogP contribution in [0.4, 0.5) is 0 Å². The second kappa shape index (κ2) is 5.80. The molecule has 0 heterocycles. The highest BCUT2D eigenvalue weighted by molar-refractivity contribution is 6.18. The standard InChI is InChI=1S/C16H12O7/c1-7(17)8-5-11(19)14(12(20)6-8)15(21)13-9(16(22)23)3-2-4-10(13)18/h2-6,18-20H,1H3,(H,22,23). The Kier molecular flexibility index (Phi) is 4.04. The number of phenolic OH excluding ortho intramolecular Hbond substituents is 3. The van der Waals surface area contributed by atoms with Crippen LogP contribution in [0.15, 0.2) is 30.3 Å². The Balaban J connectivity index is 2.68. The number of ketones is 2. The first-order chi connectivity index (χ1) is 10.7. The summed E-state index contributed by atoms with van der Waals surface area (Å²) in [5, 5.41) is 38.7. The smallest absolute Gasteiger partial charge is 0.336 e. The number of rotatable bonds is 4. The monoisotopic (exact) mass is 316 g/mol. The molecule has 2 aromatic rings. The fourth-order valence-corrected chi connectivity index (χ4v) is 2.13. The van der Waals surface area contributed by atoms with Crippen molar-refractivity contribution in [3.63, 3.8) is 0 Å². The average molecular weight is 316 g/mol. The summed E-state index contributed by atoms with van der Waals surface area (Å²) in [6.45, 7) is 1.21. The molecule has 0 saturated heterocycles. The van der Waals surface area contributed by atoms with Crippen molar-refractivity contribution in [2.75, 3.05) is 0 Å². The molecule has 0 spiro atoms. The van der Waals surface area contributed by atoms with Crippen LogP contribution in [0.25, 0.3) is 0 Å². The highest BCUT2D eigenvalue weighted by Crippen LogP contribution is 2.34. The van der Waals surface area contributed by atoms with Gasteiger partial charge in [-0.3, -0.25) is 9.59 Å². The van der Waals surface area contributed by atoms with E-state index < -0.39 is 51.5 Å². The van der Waals surface area contributed by atoms with Gasteiger partial charge in [0.05, 0.1) is 11.1 Å². The number of carbonyl (C=O) groups excluding carboxylic acids is 2. The van der Waals surface area contributed by atoms with Gasteiger partial charge in [0.25, 0.3) is 0 Å². The van der Waals surface area contributed by atoms with Gasteiger partial charge < -0.3 is 20.4 Å². The molecule has 0 aliphatic carbocycles. The molecule has 0 aromatic heterocycles.